The number of hydrogen-bond acceptors (Lipinski definition) is 6. The predicted octanol–water partition coefficient (Wildman–Crippen LogP) is 2.88. The fraction of sp³-hybridized carbons (Fsp3) is 0.333. The number of hydrogen-bond donors (Lipinski definition) is 1. The van der Waals surface area contributed by atoms with E-state index >= 15 is 0 Å². The van der Waals surface area contributed by atoms with Crippen LogP contribution in [-0.2, 0) is 38.9 Å². The number of aliphatic hydroxyl groups is 1. The van der Waals surface area contributed by atoms with Gasteiger partial charge in [0.1, 0.15) is 5.69 Å². The molecule has 1 N–H and O–H groups in total. The Bertz CT molecular complexity index is 927. The van der Waals surface area contributed by atoms with Crippen LogP contribution in [0.15, 0.2) is 36.7 Å². The summed E-state index contributed by atoms with van der Waals surface area (Å²) in [4.78, 5) is 6.87. The molecule has 0 saturated heterocycles. The van der Waals surface area contributed by atoms with Crippen molar-refractivity contribution in [3.05, 3.63) is 59.2 Å². The molecule has 6 nitrogen and oxygen atoms in total. The van der Waals surface area contributed by atoms with Crippen molar-refractivity contribution in [3.8, 4) is 0 Å². The lowest BCUT2D eigenvalue weighted by Crippen LogP contribution is -2.35. The van der Waals surface area contributed by atoms with Gasteiger partial charge in [-0.15, -0.1) is 0 Å². The molecule has 1 atom stereocenters. The van der Waals surface area contributed by atoms with E-state index in [1.807, 2.05) is 0 Å². The van der Waals surface area contributed by atoms with E-state index in [0.717, 1.165) is 6.07 Å². The second-order valence-corrected chi connectivity index (χ2v) is 7.29. The van der Waals surface area contributed by atoms with Gasteiger partial charge in [-0.25, -0.2) is 4.18 Å². The van der Waals surface area contributed by atoms with Gasteiger partial charge >= 0.3 is 12.4 Å². The summed E-state index contributed by atoms with van der Waals surface area (Å²) < 4.78 is 103. The van der Waals surface area contributed by atoms with E-state index in [2.05, 4.69) is 14.2 Å². The molecular formula is C15H12F6N2O4S. The minimum atomic E-state index is -4.73. The summed E-state index contributed by atoms with van der Waals surface area (Å²) in [6.45, 7) is 0. The molecule has 2 rings (SSSR count). The summed E-state index contributed by atoms with van der Waals surface area (Å²) in [5.74, 6) is -2.79. The zero-order valence-corrected chi connectivity index (χ0v) is 14.7. The fourth-order valence-electron chi connectivity index (χ4n) is 2.15. The zero-order chi connectivity index (χ0) is 21.4. The van der Waals surface area contributed by atoms with Crippen LogP contribution in [0.2, 0.25) is 0 Å². The third kappa shape index (κ3) is 5.62. The Morgan fingerprint density at radius 2 is 1.43 bits per heavy atom. The number of pyridine rings is 2. The first-order valence-corrected chi connectivity index (χ1v) is 9.11. The van der Waals surface area contributed by atoms with Gasteiger partial charge in [-0.05, 0) is 24.3 Å². The van der Waals surface area contributed by atoms with Gasteiger partial charge in [-0.3, -0.25) is 9.97 Å². The van der Waals surface area contributed by atoms with Crippen LogP contribution in [0.5, 0.6) is 0 Å². The average Bonchev–Trinajstić information content (AvgIpc) is 2.52. The molecular weight excluding hydrogens is 418 g/mol. The average molecular weight is 430 g/mol. The summed E-state index contributed by atoms with van der Waals surface area (Å²) in [5, 5.41) is 10.6. The maximum Gasteiger partial charge on any atom is 0.417 e. The molecule has 2 heterocycles. The van der Waals surface area contributed by atoms with Crippen LogP contribution >= 0.6 is 0 Å². The molecule has 0 spiro atoms. The standard InChI is InChI=1S/C15H12F6N2O4S/c1-28(25,26)27-13(24,12-5-3-10(8-23-12)15(19,20)21)6-11-4-2-9(7-22-11)14(16,17)18/h2-5,7-8,24H,6H2,1H3. The maximum atomic E-state index is 12.6. The summed E-state index contributed by atoms with van der Waals surface area (Å²) in [7, 11) is -4.34. The van der Waals surface area contributed by atoms with Crippen LogP contribution in [0.4, 0.5) is 26.3 Å². The highest BCUT2D eigenvalue weighted by molar-refractivity contribution is 7.86. The van der Waals surface area contributed by atoms with E-state index in [-0.39, 0.29) is 5.69 Å². The summed E-state index contributed by atoms with van der Waals surface area (Å²) in [6.07, 6.45) is -8.81. The number of nitrogens with zero attached hydrogens (tertiary/aromatic N) is 2. The molecule has 154 valence electrons. The maximum absolute atomic E-state index is 12.6. The Morgan fingerprint density at radius 3 is 1.79 bits per heavy atom. The lowest BCUT2D eigenvalue weighted by molar-refractivity contribution is -0.146. The topological polar surface area (TPSA) is 89.4 Å². The van der Waals surface area contributed by atoms with Crippen LogP contribution in [-0.4, -0.2) is 29.7 Å². The Kier molecular flexibility index (Phi) is 5.74. The van der Waals surface area contributed by atoms with Crippen molar-refractivity contribution in [1.29, 1.82) is 0 Å². The monoisotopic (exact) mass is 430 g/mol. The van der Waals surface area contributed by atoms with Gasteiger partial charge in [-0.1, -0.05) is 0 Å². The third-order valence-corrected chi connectivity index (χ3v) is 3.93. The van der Waals surface area contributed by atoms with Crippen LogP contribution < -0.4 is 0 Å². The molecule has 0 bridgehead atoms. The molecule has 0 radical (unpaired) electrons. The number of alkyl halides is 6. The van der Waals surface area contributed by atoms with Crippen molar-refractivity contribution >= 4 is 10.1 Å². The molecule has 2 aromatic rings. The van der Waals surface area contributed by atoms with Crippen molar-refractivity contribution in [2.24, 2.45) is 0 Å². The first-order valence-electron chi connectivity index (χ1n) is 7.29. The van der Waals surface area contributed by atoms with Crippen LogP contribution in [0, 0.1) is 0 Å². The highest BCUT2D eigenvalue weighted by atomic mass is 32.2. The predicted molar refractivity (Wildman–Crippen MR) is 82.0 cm³/mol. The van der Waals surface area contributed by atoms with Crippen molar-refractivity contribution in [3.63, 3.8) is 0 Å². The number of rotatable bonds is 5. The number of aromatic nitrogens is 2. The van der Waals surface area contributed by atoms with Gasteiger partial charge in [0.25, 0.3) is 10.1 Å². The highest BCUT2D eigenvalue weighted by Crippen LogP contribution is 2.33. The van der Waals surface area contributed by atoms with E-state index < -0.39 is 51.5 Å². The van der Waals surface area contributed by atoms with Gasteiger partial charge in [0.2, 0.25) is 5.79 Å². The second-order valence-electron chi connectivity index (χ2n) is 5.71. The Morgan fingerprint density at radius 1 is 0.929 bits per heavy atom. The molecule has 28 heavy (non-hydrogen) atoms. The van der Waals surface area contributed by atoms with E-state index in [4.69, 9.17) is 0 Å². The van der Waals surface area contributed by atoms with Gasteiger partial charge in [0.05, 0.1) is 23.8 Å². The summed E-state index contributed by atoms with van der Waals surface area (Å²) in [6, 6.07) is 2.74. The molecule has 13 heteroatoms. The van der Waals surface area contributed by atoms with E-state index in [0.29, 0.717) is 36.8 Å². The molecule has 2 aromatic heterocycles. The Balaban J connectivity index is 2.41. The molecule has 0 aliphatic heterocycles. The first kappa shape index (κ1) is 22.0. The minimum absolute atomic E-state index is 0.221. The molecule has 0 aromatic carbocycles. The zero-order valence-electron chi connectivity index (χ0n) is 13.9. The van der Waals surface area contributed by atoms with Crippen LogP contribution in [0.3, 0.4) is 0 Å². The Hall–Kier alpha value is -2.25. The molecule has 0 saturated carbocycles. The highest BCUT2D eigenvalue weighted by Gasteiger charge is 2.39. The van der Waals surface area contributed by atoms with Crippen molar-refractivity contribution in [1.82, 2.24) is 9.97 Å². The normalized spacial score (nSPS) is 15.3. The van der Waals surface area contributed by atoms with Gasteiger partial charge < -0.3 is 5.11 Å². The lowest BCUT2D eigenvalue weighted by atomic mass is 10.0. The van der Waals surface area contributed by atoms with E-state index in [9.17, 15) is 39.9 Å². The lowest BCUT2D eigenvalue weighted by Gasteiger charge is -2.26. The third-order valence-electron chi connectivity index (χ3n) is 3.35. The van der Waals surface area contributed by atoms with Crippen LogP contribution in [0.25, 0.3) is 0 Å². The quantitative estimate of drug-likeness (QED) is 0.446. The smallest absolute Gasteiger partial charge is 0.359 e. The number of halogens is 6. The molecule has 0 amide bonds. The van der Waals surface area contributed by atoms with Gasteiger partial charge in [-0.2, -0.15) is 34.8 Å². The molecule has 0 fully saturated rings. The van der Waals surface area contributed by atoms with Crippen molar-refractivity contribution < 1.29 is 44.0 Å². The summed E-state index contributed by atoms with van der Waals surface area (Å²) in [5.41, 5.74) is -3.07. The SMILES string of the molecule is CS(=O)(=O)OC(O)(Cc1ccc(C(F)(F)F)cn1)c1ccc(C(F)(F)F)cn1. The molecule has 0 aliphatic rings. The van der Waals surface area contributed by atoms with E-state index in [1.165, 1.54) is 0 Å². The van der Waals surface area contributed by atoms with Crippen LogP contribution in [0.1, 0.15) is 22.5 Å². The molecule has 0 aliphatic carbocycles. The summed E-state index contributed by atoms with van der Waals surface area (Å²) >= 11 is 0. The molecule has 1 unspecified atom stereocenters. The second kappa shape index (κ2) is 7.29. The van der Waals surface area contributed by atoms with E-state index in [1.54, 1.807) is 0 Å². The Labute approximate surface area is 154 Å². The fourth-order valence-corrected chi connectivity index (χ4v) is 2.79. The van der Waals surface area contributed by atoms with Gasteiger partial charge in [0, 0.05) is 18.1 Å². The largest absolute Gasteiger partial charge is 0.417 e. The first-order chi connectivity index (χ1) is 12.6. The van der Waals surface area contributed by atoms with Crippen molar-refractivity contribution in [2.75, 3.05) is 6.26 Å². The van der Waals surface area contributed by atoms with Gasteiger partial charge in [0.15, 0.2) is 0 Å². The minimum Gasteiger partial charge on any atom is -0.359 e. The van der Waals surface area contributed by atoms with Crippen molar-refractivity contribution in [2.45, 2.75) is 24.6 Å².